The van der Waals surface area contributed by atoms with Crippen molar-refractivity contribution in [3.63, 3.8) is 0 Å². The van der Waals surface area contributed by atoms with Gasteiger partial charge in [0.25, 0.3) is 0 Å². The molecule has 0 radical (unpaired) electrons. The number of hydrogen-bond donors (Lipinski definition) is 1. The minimum atomic E-state index is 0.198. The Hall–Kier alpha value is -1.55. The second-order valence-electron chi connectivity index (χ2n) is 4.16. The smallest absolute Gasteiger partial charge is 0.176 e. The predicted molar refractivity (Wildman–Crippen MR) is 59.0 cm³/mol. The van der Waals surface area contributed by atoms with Gasteiger partial charge in [-0.1, -0.05) is 0 Å². The highest BCUT2D eigenvalue weighted by molar-refractivity contribution is 5.48. The van der Waals surface area contributed by atoms with Gasteiger partial charge in [-0.25, -0.2) is 4.98 Å². The van der Waals surface area contributed by atoms with Crippen molar-refractivity contribution < 1.29 is 9.52 Å². The predicted octanol–water partition coefficient (Wildman–Crippen LogP) is 2.01. The third kappa shape index (κ3) is 1.38. The molecule has 0 spiro atoms. The van der Waals surface area contributed by atoms with Gasteiger partial charge in [0, 0.05) is 24.4 Å². The fourth-order valence-corrected chi connectivity index (χ4v) is 2.38. The summed E-state index contributed by atoms with van der Waals surface area (Å²) in [5.74, 6) is 1.90. The molecule has 0 amide bonds. The van der Waals surface area contributed by atoms with Crippen LogP contribution in [0.3, 0.4) is 0 Å². The van der Waals surface area contributed by atoms with Gasteiger partial charge in [-0.05, 0) is 25.0 Å². The maximum Gasteiger partial charge on any atom is 0.176 e. The SMILES string of the molecule is OCC1CCCn2c1cnc2-c1ccco1. The number of fused-ring (bicyclic) bond motifs is 1. The second kappa shape index (κ2) is 3.79. The average molecular weight is 218 g/mol. The summed E-state index contributed by atoms with van der Waals surface area (Å²) in [6.45, 7) is 1.16. The summed E-state index contributed by atoms with van der Waals surface area (Å²) in [5, 5.41) is 9.31. The first-order valence-corrected chi connectivity index (χ1v) is 5.60. The molecule has 1 unspecified atom stereocenters. The summed E-state index contributed by atoms with van der Waals surface area (Å²) in [6, 6.07) is 3.78. The first-order valence-electron chi connectivity index (χ1n) is 5.60. The van der Waals surface area contributed by atoms with Gasteiger partial charge >= 0.3 is 0 Å². The Morgan fingerprint density at radius 2 is 2.50 bits per heavy atom. The lowest BCUT2D eigenvalue weighted by atomic mass is 9.97. The topological polar surface area (TPSA) is 51.2 Å². The number of aliphatic hydroxyl groups excluding tert-OH is 1. The molecule has 2 aromatic heterocycles. The lowest BCUT2D eigenvalue weighted by molar-refractivity contribution is 0.241. The fourth-order valence-electron chi connectivity index (χ4n) is 2.38. The molecule has 0 fully saturated rings. The lowest BCUT2D eigenvalue weighted by Crippen LogP contribution is -2.18. The van der Waals surface area contributed by atoms with Gasteiger partial charge in [-0.3, -0.25) is 0 Å². The van der Waals surface area contributed by atoms with Crippen LogP contribution in [-0.4, -0.2) is 21.3 Å². The van der Waals surface area contributed by atoms with Gasteiger partial charge in [0.05, 0.1) is 12.9 Å². The maximum atomic E-state index is 9.31. The first-order chi connectivity index (χ1) is 7.90. The van der Waals surface area contributed by atoms with Crippen molar-refractivity contribution in [2.24, 2.45) is 0 Å². The van der Waals surface area contributed by atoms with Crippen molar-refractivity contribution in [3.05, 3.63) is 30.3 Å². The number of imidazole rings is 1. The highest BCUT2D eigenvalue weighted by Crippen LogP contribution is 2.31. The zero-order valence-electron chi connectivity index (χ0n) is 8.97. The molecule has 1 N–H and O–H groups in total. The van der Waals surface area contributed by atoms with Crippen LogP contribution in [0.2, 0.25) is 0 Å². The van der Waals surface area contributed by atoms with Crippen LogP contribution in [-0.2, 0) is 6.54 Å². The molecule has 3 rings (SSSR count). The van der Waals surface area contributed by atoms with Gasteiger partial charge in [-0.15, -0.1) is 0 Å². The molecule has 2 aromatic rings. The molecule has 4 nitrogen and oxygen atoms in total. The highest BCUT2D eigenvalue weighted by Gasteiger charge is 2.23. The van der Waals surface area contributed by atoms with Crippen molar-refractivity contribution in [3.8, 4) is 11.6 Å². The number of aliphatic hydroxyl groups is 1. The molecule has 1 atom stereocenters. The summed E-state index contributed by atoms with van der Waals surface area (Å²) < 4.78 is 7.52. The summed E-state index contributed by atoms with van der Waals surface area (Å²) in [5.41, 5.74) is 1.13. The van der Waals surface area contributed by atoms with Crippen LogP contribution in [0.1, 0.15) is 24.5 Å². The van der Waals surface area contributed by atoms with Gasteiger partial charge in [0.15, 0.2) is 11.6 Å². The lowest BCUT2D eigenvalue weighted by Gasteiger charge is -2.23. The first kappa shape index (κ1) is 9.66. The number of furan rings is 1. The standard InChI is InChI=1S/C12H14N2O2/c15-8-9-3-1-5-14-10(9)7-13-12(14)11-4-2-6-16-11/h2,4,6-7,9,15H,1,3,5,8H2. The van der Waals surface area contributed by atoms with E-state index in [0.29, 0.717) is 0 Å². The van der Waals surface area contributed by atoms with Crippen molar-refractivity contribution in [1.82, 2.24) is 9.55 Å². The van der Waals surface area contributed by atoms with E-state index >= 15 is 0 Å². The number of rotatable bonds is 2. The minimum absolute atomic E-state index is 0.198. The Morgan fingerprint density at radius 3 is 3.25 bits per heavy atom. The van der Waals surface area contributed by atoms with Gasteiger partial charge in [-0.2, -0.15) is 0 Å². The Bertz CT molecular complexity index is 473. The highest BCUT2D eigenvalue weighted by atomic mass is 16.3. The number of aromatic nitrogens is 2. The van der Waals surface area contributed by atoms with E-state index in [-0.39, 0.29) is 12.5 Å². The van der Waals surface area contributed by atoms with E-state index in [1.807, 2.05) is 18.3 Å². The van der Waals surface area contributed by atoms with Crippen molar-refractivity contribution >= 4 is 0 Å². The third-order valence-corrected chi connectivity index (χ3v) is 3.20. The monoisotopic (exact) mass is 218 g/mol. The van der Waals surface area contributed by atoms with E-state index in [1.54, 1.807) is 6.26 Å². The van der Waals surface area contributed by atoms with E-state index in [0.717, 1.165) is 36.7 Å². The van der Waals surface area contributed by atoms with E-state index < -0.39 is 0 Å². The van der Waals surface area contributed by atoms with Crippen LogP contribution >= 0.6 is 0 Å². The molecule has 4 heteroatoms. The minimum Gasteiger partial charge on any atom is -0.461 e. The zero-order chi connectivity index (χ0) is 11.0. The molecule has 84 valence electrons. The van der Waals surface area contributed by atoms with E-state index in [4.69, 9.17) is 4.42 Å². The normalized spacial score (nSPS) is 19.7. The number of hydrogen-bond acceptors (Lipinski definition) is 3. The van der Waals surface area contributed by atoms with Crippen LogP contribution in [0.25, 0.3) is 11.6 Å². The van der Waals surface area contributed by atoms with Crippen molar-refractivity contribution in [2.45, 2.75) is 25.3 Å². The van der Waals surface area contributed by atoms with E-state index in [9.17, 15) is 5.11 Å². The largest absolute Gasteiger partial charge is 0.461 e. The zero-order valence-corrected chi connectivity index (χ0v) is 8.97. The van der Waals surface area contributed by atoms with Crippen LogP contribution in [0.4, 0.5) is 0 Å². The van der Waals surface area contributed by atoms with E-state index in [2.05, 4.69) is 9.55 Å². The Morgan fingerprint density at radius 1 is 1.56 bits per heavy atom. The average Bonchev–Trinajstić information content (AvgIpc) is 2.96. The Kier molecular flexibility index (Phi) is 2.29. The molecule has 1 aliphatic rings. The van der Waals surface area contributed by atoms with Gasteiger partial charge in [0.2, 0.25) is 0 Å². The molecule has 0 saturated carbocycles. The summed E-state index contributed by atoms with van der Waals surface area (Å²) in [7, 11) is 0. The second-order valence-corrected chi connectivity index (χ2v) is 4.16. The summed E-state index contributed by atoms with van der Waals surface area (Å²) in [4.78, 5) is 4.40. The fraction of sp³-hybridized carbons (Fsp3) is 0.417. The van der Waals surface area contributed by atoms with Gasteiger partial charge < -0.3 is 14.1 Å². The van der Waals surface area contributed by atoms with Crippen LogP contribution < -0.4 is 0 Å². The van der Waals surface area contributed by atoms with Crippen molar-refractivity contribution in [1.29, 1.82) is 0 Å². The van der Waals surface area contributed by atoms with Crippen LogP contribution in [0, 0.1) is 0 Å². The maximum absolute atomic E-state index is 9.31. The molecule has 1 aliphatic heterocycles. The molecule has 0 bridgehead atoms. The van der Waals surface area contributed by atoms with Crippen LogP contribution in [0.5, 0.6) is 0 Å². The van der Waals surface area contributed by atoms with Gasteiger partial charge in [0.1, 0.15) is 0 Å². The quantitative estimate of drug-likeness (QED) is 0.838. The molecule has 0 aromatic carbocycles. The molecular formula is C12H14N2O2. The molecule has 3 heterocycles. The third-order valence-electron chi connectivity index (χ3n) is 3.20. The van der Waals surface area contributed by atoms with E-state index in [1.165, 1.54) is 0 Å². The molecule has 0 aliphatic carbocycles. The van der Waals surface area contributed by atoms with Crippen molar-refractivity contribution in [2.75, 3.05) is 6.61 Å². The summed E-state index contributed by atoms with van der Waals surface area (Å²) >= 11 is 0. The molecule has 16 heavy (non-hydrogen) atoms. The Labute approximate surface area is 93.5 Å². The number of nitrogens with zero attached hydrogens (tertiary/aromatic N) is 2. The Balaban J connectivity index is 2.06. The molecular weight excluding hydrogens is 204 g/mol. The molecule has 0 saturated heterocycles. The summed E-state index contributed by atoms with van der Waals surface area (Å²) in [6.07, 6.45) is 5.64. The van der Waals surface area contributed by atoms with Crippen LogP contribution in [0.15, 0.2) is 29.0 Å².